The van der Waals surface area contributed by atoms with Crippen LogP contribution < -0.4 is 5.32 Å². The zero-order valence-electron chi connectivity index (χ0n) is 12.3. The first-order chi connectivity index (χ1) is 9.99. The molecule has 7 heteroatoms. The van der Waals surface area contributed by atoms with E-state index in [1.165, 1.54) is 12.3 Å². The molecule has 6 nitrogen and oxygen atoms in total. The molecule has 1 aliphatic heterocycles. The number of nitro groups is 1. The van der Waals surface area contributed by atoms with Gasteiger partial charge in [-0.25, -0.2) is 4.98 Å². The summed E-state index contributed by atoms with van der Waals surface area (Å²) in [6.07, 6.45) is 4.91. The van der Waals surface area contributed by atoms with Crippen LogP contribution in [0.5, 0.6) is 0 Å². The maximum Gasteiger partial charge on any atom is 0.312 e. The summed E-state index contributed by atoms with van der Waals surface area (Å²) < 4.78 is 5.91. The van der Waals surface area contributed by atoms with E-state index >= 15 is 0 Å². The van der Waals surface area contributed by atoms with Gasteiger partial charge in [0.05, 0.1) is 15.5 Å². The number of rotatable bonds is 5. The van der Waals surface area contributed by atoms with Crippen LogP contribution >= 0.6 is 11.6 Å². The normalized spacial score (nSPS) is 21.0. The van der Waals surface area contributed by atoms with Crippen LogP contribution in [0.2, 0.25) is 5.02 Å². The van der Waals surface area contributed by atoms with Gasteiger partial charge < -0.3 is 10.1 Å². The first-order valence-corrected chi connectivity index (χ1v) is 7.58. The Hall–Kier alpha value is -1.40. The van der Waals surface area contributed by atoms with E-state index in [4.69, 9.17) is 16.3 Å². The van der Waals surface area contributed by atoms with E-state index in [0.717, 1.165) is 25.7 Å². The molecule has 1 aliphatic rings. The van der Waals surface area contributed by atoms with Crippen LogP contribution in [0.15, 0.2) is 12.3 Å². The molecule has 2 rings (SSSR count). The average Bonchev–Trinajstić information content (AvgIpc) is 2.49. The maximum atomic E-state index is 11.1. The summed E-state index contributed by atoms with van der Waals surface area (Å²) in [6.45, 7) is 4.87. The average molecular weight is 314 g/mol. The van der Waals surface area contributed by atoms with Gasteiger partial charge in [-0.2, -0.15) is 0 Å². The molecule has 0 spiro atoms. The maximum absolute atomic E-state index is 11.1. The minimum Gasteiger partial charge on any atom is -0.375 e. The molecule has 1 atom stereocenters. The van der Waals surface area contributed by atoms with Gasteiger partial charge in [0, 0.05) is 24.9 Å². The summed E-state index contributed by atoms with van der Waals surface area (Å²) in [6, 6.07) is 1.44. The van der Waals surface area contributed by atoms with E-state index in [1.54, 1.807) is 0 Å². The highest BCUT2D eigenvalue weighted by atomic mass is 35.5. The van der Waals surface area contributed by atoms with Crippen LogP contribution in [0, 0.1) is 10.1 Å². The highest BCUT2D eigenvalue weighted by molar-refractivity contribution is 6.30. The lowest BCUT2D eigenvalue weighted by molar-refractivity contribution is -0.384. The number of ether oxygens (including phenoxy) is 1. The zero-order valence-corrected chi connectivity index (χ0v) is 13.0. The van der Waals surface area contributed by atoms with Gasteiger partial charge in [-0.1, -0.05) is 25.4 Å². The predicted octanol–water partition coefficient (Wildman–Crippen LogP) is 3.79. The van der Waals surface area contributed by atoms with Gasteiger partial charge in [0.2, 0.25) is 5.82 Å². The van der Waals surface area contributed by atoms with E-state index < -0.39 is 4.92 Å². The molecule has 0 radical (unpaired) electrons. The molecule has 1 unspecified atom stereocenters. The van der Waals surface area contributed by atoms with E-state index in [-0.39, 0.29) is 28.2 Å². The molecule has 116 valence electrons. The minimum absolute atomic E-state index is 0.0902. The van der Waals surface area contributed by atoms with Crippen molar-refractivity contribution in [3.8, 4) is 0 Å². The van der Waals surface area contributed by atoms with E-state index in [9.17, 15) is 10.1 Å². The van der Waals surface area contributed by atoms with E-state index in [0.29, 0.717) is 6.61 Å². The third kappa shape index (κ3) is 3.63. The second kappa shape index (κ2) is 6.58. The summed E-state index contributed by atoms with van der Waals surface area (Å²) in [5.41, 5.74) is -0.232. The monoisotopic (exact) mass is 313 g/mol. The fourth-order valence-corrected chi connectivity index (χ4v) is 2.92. The molecule has 0 saturated carbocycles. The summed E-state index contributed by atoms with van der Waals surface area (Å²) in [5.74, 6) is 0.275. The summed E-state index contributed by atoms with van der Waals surface area (Å²) in [4.78, 5) is 14.7. The molecule has 0 bridgehead atoms. The van der Waals surface area contributed by atoms with Crippen LogP contribution in [-0.4, -0.2) is 28.2 Å². The van der Waals surface area contributed by atoms with Crippen molar-refractivity contribution in [1.29, 1.82) is 0 Å². The molecule has 1 fully saturated rings. The van der Waals surface area contributed by atoms with Gasteiger partial charge in [-0.05, 0) is 25.7 Å². The van der Waals surface area contributed by atoms with Crippen LogP contribution in [0.25, 0.3) is 0 Å². The molecule has 0 amide bonds. The van der Waals surface area contributed by atoms with Crippen molar-refractivity contribution in [2.75, 3.05) is 11.9 Å². The molecule has 0 aromatic carbocycles. The van der Waals surface area contributed by atoms with Gasteiger partial charge in [0.15, 0.2) is 0 Å². The van der Waals surface area contributed by atoms with Gasteiger partial charge in [0.1, 0.15) is 0 Å². The lowest BCUT2D eigenvalue weighted by atomic mass is 9.86. The molecule has 1 N–H and O–H groups in total. The fourth-order valence-electron chi connectivity index (χ4n) is 2.77. The summed E-state index contributed by atoms with van der Waals surface area (Å²) in [7, 11) is 0. The number of hydrogen-bond acceptors (Lipinski definition) is 5. The quantitative estimate of drug-likeness (QED) is 0.661. The standard InChI is InChI=1S/C14H20ClN3O3/c1-3-14(4-2)8-11(5-6-21-14)17-13-12(18(19)20)7-10(15)9-16-13/h7,9,11H,3-6,8H2,1-2H3,(H,16,17). The SMILES string of the molecule is CCC1(CC)CC(Nc2ncc(Cl)cc2[N+](=O)[O-])CCO1. The molecule has 21 heavy (non-hydrogen) atoms. The Kier molecular flexibility index (Phi) is 5.00. The van der Waals surface area contributed by atoms with E-state index in [2.05, 4.69) is 24.1 Å². The third-order valence-electron chi connectivity index (χ3n) is 4.15. The van der Waals surface area contributed by atoms with Gasteiger partial charge in [-0.15, -0.1) is 0 Å². The molecule has 0 aliphatic carbocycles. The van der Waals surface area contributed by atoms with Crippen molar-refractivity contribution < 1.29 is 9.66 Å². The van der Waals surface area contributed by atoms with Crippen molar-refractivity contribution in [2.45, 2.75) is 51.2 Å². The minimum atomic E-state index is -0.465. The first kappa shape index (κ1) is 16.0. The Labute approximate surface area is 129 Å². The Morgan fingerprint density at radius 3 is 2.90 bits per heavy atom. The topological polar surface area (TPSA) is 77.3 Å². The molecule has 1 saturated heterocycles. The number of nitrogens with zero attached hydrogens (tertiary/aromatic N) is 2. The first-order valence-electron chi connectivity index (χ1n) is 7.20. The number of pyridine rings is 1. The van der Waals surface area contributed by atoms with E-state index in [1.807, 2.05) is 0 Å². The van der Waals surface area contributed by atoms with Crippen LogP contribution in [-0.2, 0) is 4.74 Å². The second-order valence-corrected chi connectivity index (χ2v) is 5.79. The Morgan fingerprint density at radius 1 is 1.57 bits per heavy atom. The predicted molar refractivity (Wildman–Crippen MR) is 81.8 cm³/mol. The van der Waals surface area contributed by atoms with Crippen LogP contribution in [0.4, 0.5) is 11.5 Å². The zero-order chi connectivity index (χ0) is 15.5. The lowest BCUT2D eigenvalue weighted by Crippen LogP contribution is -2.43. The Morgan fingerprint density at radius 2 is 2.29 bits per heavy atom. The van der Waals surface area contributed by atoms with Crippen LogP contribution in [0.1, 0.15) is 39.5 Å². The largest absolute Gasteiger partial charge is 0.375 e. The van der Waals surface area contributed by atoms with Crippen molar-refractivity contribution >= 4 is 23.1 Å². The highest BCUT2D eigenvalue weighted by Gasteiger charge is 2.35. The number of aromatic nitrogens is 1. The van der Waals surface area contributed by atoms with Crippen molar-refractivity contribution in [1.82, 2.24) is 4.98 Å². The highest BCUT2D eigenvalue weighted by Crippen LogP contribution is 2.34. The van der Waals surface area contributed by atoms with Gasteiger partial charge in [0.25, 0.3) is 0 Å². The Bertz CT molecular complexity index is 520. The number of anilines is 1. The van der Waals surface area contributed by atoms with Crippen molar-refractivity contribution in [3.05, 3.63) is 27.4 Å². The smallest absolute Gasteiger partial charge is 0.312 e. The number of hydrogen-bond donors (Lipinski definition) is 1. The molecule has 2 heterocycles. The van der Waals surface area contributed by atoms with Gasteiger partial charge >= 0.3 is 5.69 Å². The Balaban J connectivity index is 2.16. The van der Waals surface area contributed by atoms with Crippen LogP contribution in [0.3, 0.4) is 0 Å². The molecule has 1 aromatic rings. The van der Waals surface area contributed by atoms with Gasteiger partial charge in [-0.3, -0.25) is 10.1 Å². The molecule has 1 aromatic heterocycles. The number of nitrogens with one attached hydrogen (secondary N) is 1. The summed E-state index contributed by atoms with van der Waals surface area (Å²) >= 11 is 5.78. The fraction of sp³-hybridized carbons (Fsp3) is 0.643. The second-order valence-electron chi connectivity index (χ2n) is 5.35. The van der Waals surface area contributed by atoms with Crippen molar-refractivity contribution in [2.24, 2.45) is 0 Å². The molecular formula is C14H20ClN3O3. The summed E-state index contributed by atoms with van der Waals surface area (Å²) in [5, 5.41) is 14.5. The number of halogens is 1. The van der Waals surface area contributed by atoms with Crippen molar-refractivity contribution in [3.63, 3.8) is 0 Å². The third-order valence-corrected chi connectivity index (χ3v) is 4.36. The molecular weight excluding hydrogens is 294 g/mol. The lowest BCUT2D eigenvalue weighted by Gasteiger charge is -2.40.